The van der Waals surface area contributed by atoms with Gasteiger partial charge in [0.1, 0.15) is 0 Å². The Morgan fingerprint density at radius 3 is 2.67 bits per heavy atom. The fraction of sp³-hybridized carbons (Fsp3) is 1.00. The normalized spacial score (nSPS) is 37.2. The molecule has 1 heterocycles. The van der Waals surface area contributed by atoms with E-state index in [0.29, 0.717) is 12.1 Å². The van der Waals surface area contributed by atoms with Crippen LogP contribution in [0.3, 0.4) is 0 Å². The van der Waals surface area contributed by atoms with Crippen LogP contribution in [-0.2, 0) is 0 Å². The maximum atomic E-state index is 6.06. The molecule has 72 valence electrons. The van der Waals surface area contributed by atoms with Crippen molar-refractivity contribution in [2.45, 2.75) is 45.7 Å². The topological polar surface area (TPSA) is 38.0 Å². The third kappa shape index (κ3) is 2.76. The Bertz CT molecular complexity index is 134. The fourth-order valence-electron chi connectivity index (χ4n) is 1.98. The lowest BCUT2D eigenvalue weighted by molar-refractivity contribution is 0.259. The third-order valence-corrected chi connectivity index (χ3v) is 2.65. The van der Waals surface area contributed by atoms with Gasteiger partial charge in [-0.2, -0.15) is 0 Å². The SMILES string of the molecule is CC(C)CC1NCC(C)CC1N. The molecule has 2 nitrogen and oxygen atoms in total. The first kappa shape index (κ1) is 10.0. The van der Waals surface area contributed by atoms with Gasteiger partial charge in [-0.25, -0.2) is 0 Å². The molecule has 12 heavy (non-hydrogen) atoms. The maximum absolute atomic E-state index is 6.06. The molecule has 0 bridgehead atoms. The van der Waals surface area contributed by atoms with Crippen LogP contribution in [0, 0.1) is 11.8 Å². The lowest BCUT2D eigenvalue weighted by Gasteiger charge is -2.34. The average molecular weight is 170 g/mol. The van der Waals surface area contributed by atoms with Crippen LogP contribution < -0.4 is 11.1 Å². The molecule has 0 aromatic carbocycles. The minimum absolute atomic E-state index is 0.371. The van der Waals surface area contributed by atoms with Gasteiger partial charge in [0.05, 0.1) is 0 Å². The average Bonchev–Trinajstić information content (AvgIpc) is 1.94. The summed E-state index contributed by atoms with van der Waals surface area (Å²) < 4.78 is 0. The predicted octanol–water partition coefficient (Wildman–Crippen LogP) is 1.36. The van der Waals surface area contributed by atoms with Crippen LogP contribution in [0.2, 0.25) is 0 Å². The standard InChI is InChI=1S/C10H22N2/c1-7(2)4-10-9(11)5-8(3)6-12-10/h7-10,12H,4-6,11H2,1-3H3. The first-order chi connectivity index (χ1) is 5.59. The van der Waals surface area contributed by atoms with Gasteiger partial charge < -0.3 is 11.1 Å². The maximum Gasteiger partial charge on any atom is 0.0221 e. The van der Waals surface area contributed by atoms with Crippen molar-refractivity contribution in [2.75, 3.05) is 6.54 Å². The van der Waals surface area contributed by atoms with Crippen LogP contribution in [0.1, 0.15) is 33.6 Å². The van der Waals surface area contributed by atoms with Crippen LogP contribution in [0.15, 0.2) is 0 Å². The second kappa shape index (κ2) is 4.24. The van der Waals surface area contributed by atoms with Gasteiger partial charge >= 0.3 is 0 Å². The molecule has 3 N–H and O–H groups in total. The van der Waals surface area contributed by atoms with Gasteiger partial charge in [0.2, 0.25) is 0 Å². The van der Waals surface area contributed by atoms with Crippen LogP contribution in [0.25, 0.3) is 0 Å². The Labute approximate surface area is 75.9 Å². The zero-order valence-electron chi connectivity index (χ0n) is 8.51. The van der Waals surface area contributed by atoms with E-state index < -0.39 is 0 Å². The highest BCUT2D eigenvalue weighted by Crippen LogP contribution is 2.17. The molecule has 2 heteroatoms. The van der Waals surface area contributed by atoms with E-state index in [1.54, 1.807) is 0 Å². The van der Waals surface area contributed by atoms with Gasteiger partial charge in [-0.05, 0) is 31.2 Å². The van der Waals surface area contributed by atoms with E-state index in [-0.39, 0.29) is 0 Å². The molecule has 0 radical (unpaired) electrons. The fourth-order valence-corrected chi connectivity index (χ4v) is 1.98. The van der Waals surface area contributed by atoms with E-state index in [0.717, 1.165) is 18.4 Å². The van der Waals surface area contributed by atoms with Crippen molar-refractivity contribution in [3.8, 4) is 0 Å². The third-order valence-electron chi connectivity index (χ3n) is 2.65. The summed E-state index contributed by atoms with van der Waals surface area (Å²) in [5, 5.41) is 3.52. The van der Waals surface area contributed by atoms with Crippen LogP contribution in [-0.4, -0.2) is 18.6 Å². The Morgan fingerprint density at radius 1 is 1.50 bits per heavy atom. The minimum atomic E-state index is 0.371. The molecule has 3 unspecified atom stereocenters. The van der Waals surface area contributed by atoms with Crippen molar-refractivity contribution in [2.24, 2.45) is 17.6 Å². The molecular weight excluding hydrogens is 148 g/mol. The van der Waals surface area contributed by atoms with Crippen molar-refractivity contribution in [3.05, 3.63) is 0 Å². The van der Waals surface area contributed by atoms with Gasteiger partial charge in [-0.3, -0.25) is 0 Å². The lowest BCUT2D eigenvalue weighted by atomic mass is 9.87. The molecule has 0 aromatic heterocycles. The molecule has 1 fully saturated rings. The van der Waals surface area contributed by atoms with Crippen molar-refractivity contribution in [3.63, 3.8) is 0 Å². The Morgan fingerprint density at radius 2 is 2.17 bits per heavy atom. The lowest BCUT2D eigenvalue weighted by Crippen LogP contribution is -2.52. The Kier molecular flexibility index (Phi) is 3.53. The first-order valence-electron chi connectivity index (χ1n) is 5.08. The molecular formula is C10H22N2. The van der Waals surface area contributed by atoms with Crippen LogP contribution in [0.5, 0.6) is 0 Å². The highest BCUT2D eigenvalue weighted by Gasteiger charge is 2.25. The molecule has 0 saturated carbocycles. The van der Waals surface area contributed by atoms with Gasteiger partial charge in [0.25, 0.3) is 0 Å². The molecule has 0 spiro atoms. The summed E-state index contributed by atoms with van der Waals surface area (Å²) in [5.74, 6) is 1.50. The number of rotatable bonds is 2. The van der Waals surface area contributed by atoms with Crippen LogP contribution >= 0.6 is 0 Å². The second-order valence-corrected chi connectivity index (χ2v) is 4.65. The molecule has 1 aliphatic heterocycles. The molecule has 0 aliphatic carbocycles. The van der Waals surface area contributed by atoms with Crippen LogP contribution in [0.4, 0.5) is 0 Å². The van der Waals surface area contributed by atoms with Gasteiger partial charge in [-0.15, -0.1) is 0 Å². The van der Waals surface area contributed by atoms with E-state index in [4.69, 9.17) is 5.73 Å². The number of nitrogens with two attached hydrogens (primary N) is 1. The smallest absolute Gasteiger partial charge is 0.0221 e. The van der Waals surface area contributed by atoms with E-state index in [9.17, 15) is 0 Å². The second-order valence-electron chi connectivity index (χ2n) is 4.65. The summed E-state index contributed by atoms with van der Waals surface area (Å²) in [6.07, 6.45) is 2.40. The Hall–Kier alpha value is -0.0800. The number of hydrogen-bond acceptors (Lipinski definition) is 2. The molecule has 1 rings (SSSR count). The Balaban J connectivity index is 2.34. The van der Waals surface area contributed by atoms with Crippen molar-refractivity contribution < 1.29 is 0 Å². The number of hydrogen-bond donors (Lipinski definition) is 2. The largest absolute Gasteiger partial charge is 0.326 e. The summed E-state index contributed by atoms with van der Waals surface area (Å²) in [7, 11) is 0. The zero-order chi connectivity index (χ0) is 9.14. The highest BCUT2D eigenvalue weighted by molar-refractivity contribution is 4.86. The quantitative estimate of drug-likeness (QED) is 0.656. The van der Waals surface area contributed by atoms with E-state index >= 15 is 0 Å². The molecule has 1 saturated heterocycles. The van der Waals surface area contributed by atoms with E-state index in [1.807, 2.05) is 0 Å². The van der Waals surface area contributed by atoms with Gasteiger partial charge in [0.15, 0.2) is 0 Å². The summed E-state index contributed by atoms with van der Waals surface area (Å²) in [5.41, 5.74) is 6.06. The minimum Gasteiger partial charge on any atom is -0.326 e. The van der Waals surface area contributed by atoms with Gasteiger partial charge in [0, 0.05) is 12.1 Å². The highest BCUT2D eigenvalue weighted by atomic mass is 15.0. The van der Waals surface area contributed by atoms with E-state index in [2.05, 4.69) is 26.1 Å². The summed E-state index contributed by atoms with van der Waals surface area (Å²) in [4.78, 5) is 0. The molecule has 0 amide bonds. The molecule has 0 aromatic rings. The van der Waals surface area contributed by atoms with Crippen molar-refractivity contribution >= 4 is 0 Å². The molecule has 1 aliphatic rings. The summed E-state index contributed by atoms with van der Waals surface area (Å²) in [6, 6.07) is 0.928. The van der Waals surface area contributed by atoms with Gasteiger partial charge in [-0.1, -0.05) is 20.8 Å². The van der Waals surface area contributed by atoms with Crippen molar-refractivity contribution in [1.82, 2.24) is 5.32 Å². The summed E-state index contributed by atoms with van der Waals surface area (Å²) >= 11 is 0. The summed E-state index contributed by atoms with van der Waals surface area (Å²) in [6.45, 7) is 7.92. The monoisotopic (exact) mass is 170 g/mol. The number of nitrogens with one attached hydrogen (secondary N) is 1. The van der Waals surface area contributed by atoms with E-state index in [1.165, 1.54) is 12.8 Å². The predicted molar refractivity (Wildman–Crippen MR) is 53.0 cm³/mol. The van der Waals surface area contributed by atoms with Crippen molar-refractivity contribution in [1.29, 1.82) is 0 Å². The number of piperidine rings is 1. The first-order valence-corrected chi connectivity index (χ1v) is 5.08. The zero-order valence-corrected chi connectivity index (χ0v) is 8.51. The molecule has 3 atom stereocenters.